The molecule has 0 amide bonds. The van der Waals surface area contributed by atoms with Gasteiger partial charge in [0.1, 0.15) is 0 Å². The Kier molecular flexibility index (Phi) is 3.06. The second-order valence-corrected chi connectivity index (χ2v) is 4.96. The van der Waals surface area contributed by atoms with E-state index in [-0.39, 0.29) is 0 Å². The summed E-state index contributed by atoms with van der Waals surface area (Å²) in [6.45, 7) is 0. The second kappa shape index (κ2) is 4.90. The van der Waals surface area contributed by atoms with Gasteiger partial charge in [0.2, 0.25) is 0 Å². The number of hydrogen-bond acceptors (Lipinski definition) is 3. The molecule has 0 fully saturated rings. The van der Waals surface area contributed by atoms with Gasteiger partial charge in [0.05, 0.1) is 12.0 Å². The number of aromatic nitrogens is 2. The van der Waals surface area contributed by atoms with Gasteiger partial charge in [-0.15, -0.1) is 0 Å². The van der Waals surface area contributed by atoms with E-state index in [1.807, 2.05) is 14.1 Å². The summed E-state index contributed by atoms with van der Waals surface area (Å²) < 4.78 is 1.55. The predicted molar refractivity (Wildman–Crippen MR) is 81.2 cm³/mol. The lowest BCUT2D eigenvalue weighted by Gasteiger charge is -2.08. The number of fused-ring (bicyclic) bond motifs is 2. The van der Waals surface area contributed by atoms with Crippen LogP contribution in [0.1, 0.15) is 0 Å². The molecule has 2 aromatic carbocycles. The van der Waals surface area contributed by atoms with Crippen molar-refractivity contribution >= 4 is 34.1 Å². The Hall–Kier alpha value is -2.89. The molecule has 6 heteroatoms. The summed E-state index contributed by atoms with van der Waals surface area (Å²) in [4.78, 5) is 6.04. The summed E-state index contributed by atoms with van der Waals surface area (Å²) in [6, 6.07) is 11.7. The topological polar surface area (TPSA) is 69.5 Å². The summed E-state index contributed by atoms with van der Waals surface area (Å²) in [5.74, 6) is 0. The molecule has 0 saturated heterocycles. The maximum absolute atomic E-state index is 12.4. The minimum absolute atomic E-state index is 0.303. The molecular weight excluding hydrogens is 268 g/mol. The van der Waals surface area contributed by atoms with E-state index >= 15 is 0 Å². The van der Waals surface area contributed by atoms with Crippen LogP contribution in [0, 0.1) is 10.4 Å². The molecule has 3 rings (SSSR count). The van der Waals surface area contributed by atoms with E-state index in [4.69, 9.17) is 0 Å². The Morgan fingerprint density at radius 2 is 1.48 bits per heavy atom. The van der Waals surface area contributed by atoms with E-state index in [0.29, 0.717) is 27.8 Å². The smallest absolute Gasteiger partial charge is 0.292 e. The number of benzene rings is 2. The zero-order valence-corrected chi connectivity index (χ0v) is 11.7. The molecule has 0 atom stereocenters. The fourth-order valence-corrected chi connectivity index (χ4v) is 2.18. The zero-order valence-electron chi connectivity index (χ0n) is 11.7. The van der Waals surface area contributed by atoms with Crippen molar-refractivity contribution in [3.05, 3.63) is 52.9 Å². The highest BCUT2D eigenvalue weighted by Crippen LogP contribution is 2.18. The van der Waals surface area contributed by atoms with Crippen molar-refractivity contribution in [2.45, 2.75) is 0 Å². The van der Waals surface area contributed by atoms with Gasteiger partial charge in [0, 0.05) is 38.4 Å². The minimum Gasteiger partial charge on any atom is -0.617 e. The molecular formula is C15H14N4O2. The minimum atomic E-state index is 0.303. The first kappa shape index (κ1) is 13.1. The number of rotatable bonds is 2. The number of hydrogen-bond donors (Lipinski definition) is 0. The lowest BCUT2D eigenvalue weighted by atomic mass is 10.2. The molecule has 0 aliphatic rings. The number of nitrogens with zero attached hydrogens (tertiary/aromatic N) is 4. The van der Waals surface area contributed by atoms with Crippen LogP contribution in [-0.2, 0) is 0 Å². The Balaban J connectivity index is 2.30. The molecule has 106 valence electrons. The zero-order chi connectivity index (χ0) is 15.0. The highest BCUT2D eigenvalue weighted by atomic mass is 16.5. The molecule has 0 radical (unpaired) electrons. The SMILES string of the molecule is CN(C)C=Nc1ccc2c(c1)[n+]([O-])c1ccccc1[n+]2[O-]. The Labute approximate surface area is 121 Å². The van der Waals surface area contributed by atoms with E-state index < -0.39 is 0 Å². The van der Waals surface area contributed by atoms with Gasteiger partial charge >= 0.3 is 0 Å². The molecule has 0 unspecified atom stereocenters. The van der Waals surface area contributed by atoms with Gasteiger partial charge in [-0.25, -0.2) is 4.99 Å². The van der Waals surface area contributed by atoms with Crippen molar-refractivity contribution in [2.24, 2.45) is 4.99 Å². The van der Waals surface area contributed by atoms with E-state index in [1.165, 1.54) is 0 Å². The molecule has 0 aliphatic heterocycles. The quantitative estimate of drug-likeness (QED) is 0.235. The fourth-order valence-electron chi connectivity index (χ4n) is 2.18. The molecule has 0 N–H and O–H groups in total. The van der Waals surface area contributed by atoms with Gasteiger partial charge < -0.3 is 15.3 Å². The maximum Gasteiger partial charge on any atom is 0.292 e. The largest absolute Gasteiger partial charge is 0.617 e. The summed E-state index contributed by atoms with van der Waals surface area (Å²) in [6.07, 6.45) is 1.64. The van der Waals surface area contributed by atoms with E-state index in [1.54, 1.807) is 53.7 Å². The Morgan fingerprint density at radius 3 is 2.10 bits per heavy atom. The molecule has 3 aromatic rings. The van der Waals surface area contributed by atoms with Crippen LogP contribution in [0.25, 0.3) is 22.1 Å². The third-order valence-corrected chi connectivity index (χ3v) is 3.15. The fraction of sp³-hybridized carbons (Fsp3) is 0.133. The van der Waals surface area contributed by atoms with Crippen LogP contribution in [0.3, 0.4) is 0 Å². The van der Waals surface area contributed by atoms with Gasteiger partial charge in [-0.3, -0.25) is 0 Å². The molecule has 1 heterocycles. The van der Waals surface area contributed by atoms with Crippen molar-refractivity contribution < 1.29 is 9.46 Å². The van der Waals surface area contributed by atoms with Crippen LogP contribution in [0.2, 0.25) is 0 Å². The molecule has 0 bridgehead atoms. The molecule has 0 saturated carbocycles. The van der Waals surface area contributed by atoms with Gasteiger partial charge in [-0.05, 0) is 6.07 Å². The third-order valence-electron chi connectivity index (χ3n) is 3.15. The standard InChI is InChI=1S/C15H14N4O2/c1-17(2)10-16-11-7-8-14-15(9-11)19(21)13-6-4-3-5-12(13)18(14)20/h3-10H,1-2H3. The lowest BCUT2D eigenvalue weighted by molar-refractivity contribution is -0.591. The molecule has 21 heavy (non-hydrogen) atoms. The normalized spacial score (nSPS) is 11.5. The Bertz CT molecular complexity index is 859. The summed E-state index contributed by atoms with van der Waals surface area (Å²) >= 11 is 0. The molecule has 0 aliphatic carbocycles. The van der Waals surface area contributed by atoms with Crippen LogP contribution < -0.4 is 9.46 Å². The van der Waals surface area contributed by atoms with Gasteiger partial charge in [0.25, 0.3) is 22.1 Å². The summed E-state index contributed by atoms with van der Waals surface area (Å²) in [7, 11) is 3.72. The lowest BCUT2D eigenvalue weighted by Crippen LogP contribution is -2.39. The van der Waals surface area contributed by atoms with Gasteiger partial charge in [-0.2, -0.15) is 9.46 Å². The maximum atomic E-state index is 12.4. The number of para-hydroxylation sites is 2. The highest BCUT2D eigenvalue weighted by Gasteiger charge is 2.20. The van der Waals surface area contributed by atoms with Crippen LogP contribution in [-0.4, -0.2) is 25.3 Å². The van der Waals surface area contributed by atoms with E-state index in [0.717, 1.165) is 9.46 Å². The average Bonchev–Trinajstić information content (AvgIpc) is 2.50. The van der Waals surface area contributed by atoms with Crippen LogP contribution in [0.5, 0.6) is 0 Å². The first-order valence-electron chi connectivity index (χ1n) is 6.46. The first-order valence-corrected chi connectivity index (χ1v) is 6.46. The predicted octanol–water partition coefficient (Wildman–Crippen LogP) is 1.48. The van der Waals surface area contributed by atoms with Gasteiger partial charge in [0.15, 0.2) is 0 Å². The highest BCUT2D eigenvalue weighted by molar-refractivity contribution is 5.79. The van der Waals surface area contributed by atoms with Crippen molar-refractivity contribution in [3.63, 3.8) is 0 Å². The van der Waals surface area contributed by atoms with Crippen molar-refractivity contribution in [3.8, 4) is 0 Å². The molecule has 6 nitrogen and oxygen atoms in total. The van der Waals surface area contributed by atoms with E-state index in [2.05, 4.69) is 4.99 Å². The summed E-state index contributed by atoms with van der Waals surface area (Å²) in [5, 5.41) is 24.8. The molecule has 1 aromatic heterocycles. The third kappa shape index (κ3) is 2.20. The van der Waals surface area contributed by atoms with Gasteiger partial charge in [-0.1, -0.05) is 12.1 Å². The van der Waals surface area contributed by atoms with Crippen molar-refractivity contribution in [1.29, 1.82) is 0 Å². The summed E-state index contributed by atoms with van der Waals surface area (Å²) in [5.41, 5.74) is 1.94. The second-order valence-electron chi connectivity index (χ2n) is 4.96. The average molecular weight is 282 g/mol. The Morgan fingerprint density at radius 1 is 0.905 bits per heavy atom. The number of aliphatic imine (C=N–C) groups is 1. The monoisotopic (exact) mass is 282 g/mol. The van der Waals surface area contributed by atoms with Crippen molar-refractivity contribution in [1.82, 2.24) is 4.90 Å². The van der Waals surface area contributed by atoms with Crippen molar-refractivity contribution in [2.75, 3.05) is 14.1 Å². The van der Waals surface area contributed by atoms with E-state index in [9.17, 15) is 10.4 Å². The van der Waals surface area contributed by atoms with Crippen LogP contribution in [0.15, 0.2) is 47.5 Å². The van der Waals surface area contributed by atoms with Crippen LogP contribution >= 0.6 is 0 Å². The molecule has 0 spiro atoms. The first-order chi connectivity index (χ1) is 10.1. The van der Waals surface area contributed by atoms with Crippen LogP contribution in [0.4, 0.5) is 5.69 Å².